The summed E-state index contributed by atoms with van der Waals surface area (Å²) in [6.07, 6.45) is 3.14. The first kappa shape index (κ1) is 14.8. The average Bonchev–Trinajstić information content (AvgIpc) is 2.57. The van der Waals surface area contributed by atoms with Gasteiger partial charge in [0, 0.05) is 12.6 Å². The lowest BCUT2D eigenvalue weighted by atomic mass is 10.1. The Morgan fingerprint density at radius 3 is 2.70 bits per heavy atom. The lowest BCUT2D eigenvalue weighted by Crippen LogP contribution is -2.35. The third kappa shape index (κ3) is 3.08. The van der Waals surface area contributed by atoms with Crippen molar-refractivity contribution in [2.45, 2.75) is 0 Å². The summed E-state index contributed by atoms with van der Waals surface area (Å²) in [6.45, 7) is -0.0233. The van der Waals surface area contributed by atoms with Crippen molar-refractivity contribution in [2.75, 3.05) is 18.6 Å². The molecule has 23 heavy (non-hydrogen) atoms. The van der Waals surface area contributed by atoms with E-state index < -0.39 is 0 Å². The van der Waals surface area contributed by atoms with Gasteiger partial charge in [-0.25, -0.2) is 0 Å². The molecule has 5 heteroatoms. The number of carbonyl (C=O) groups excluding carboxylic acids is 2. The van der Waals surface area contributed by atoms with Gasteiger partial charge in [-0.15, -0.1) is 0 Å². The van der Waals surface area contributed by atoms with Crippen LogP contribution in [0.1, 0.15) is 15.9 Å². The van der Waals surface area contributed by atoms with Crippen LogP contribution >= 0.6 is 0 Å². The van der Waals surface area contributed by atoms with Gasteiger partial charge in [0.05, 0.1) is 5.69 Å². The van der Waals surface area contributed by atoms with E-state index in [-0.39, 0.29) is 24.0 Å². The van der Waals surface area contributed by atoms with Crippen molar-refractivity contribution in [2.24, 2.45) is 0 Å². The van der Waals surface area contributed by atoms with Gasteiger partial charge >= 0.3 is 0 Å². The predicted octanol–water partition coefficient (Wildman–Crippen LogP) is 2.64. The molecule has 1 N–H and O–H groups in total. The SMILES string of the molecule is CN1C(=O)COc2cc(C(=O)/C=C/c3ccc(O)cc3)ccc21. The fourth-order valence-electron chi connectivity index (χ4n) is 2.28. The van der Waals surface area contributed by atoms with Crippen LogP contribution < -0.4 is 9.64 Å². The normalized spacial score (nSPS) is 13.8. The fraction of sp³-hybridized carbons (Fsp3) is 0.111. The minimum absolute atomic E-state index is 0.0233. The minimum Gasteiger partial charge on any atom is -0.508 e. The van der Waals surface area contributed by atoms with Crippen molar-refractivity contribution in [3.8, 4) is 11.5 Å². The van der Waals surface area contributed by atoms with Gasteiger partial charge in [0.25, 0.3) is 5.91 Å². The summed E-state index contributed by atoms with van der Waals surface area (Å²) in [6, 6.07) is 11.6. The van der Waals surface area contributed by atoms with Gasteiger partial charge in [-0.05, 0) is 42.0 Å². The van der Waals surface area contributed by atoms with Crippen molar-refractivity contribution in [3.63, 3.8) is 0 Å². The van der Waals surface area contributed by atoms with Crippen LogP contribution in [0.2, 0.25) is 0 Å². The van der Waals surface area contributed by atoms with E-state index in [0.29, 0.717) is 17.0 Å². The highest BCUT2D eigenvalue weighted by Gasteiger charge is 2.22. The standard InChI is InChI=1S/C18H15NO4/c1-19-15-8-5-13(10-17(15)23-11-18(19)22)16(21)9-4-12-2-6-14(20)7-3-12/h2-10,20H,11H2,1H3/b9-4+. The molecule has 0 radical (unpaired) electrons. The number of hydrogen-bond donors (Lipinski definition) is 1. The van der Waals surface area contributed by atoms with Gasteiger partial charge < -0.3 is 14.7 Å². The van der Waals surface area contributed by atoms with Gasteiger partial charge in [-0.1, -0.05) is 18.2 Å². The number of ether oxygens (including phenoxy) is 1. The molecule has 116 valence electrons. The Morgan fingerprint density at radius 2 is 1.96 bits per heavy atom. The monoisotopic (exact) mass is 309 g/mol. The molecule has 0 atom stereocenters. The highest BCUT2D eigenvalue weighted by atomic mass is 16.5. The number of allylic oxidation sites excluding steroid dienone is 1. The Morgan fingerprint density at radius 1 is 1.22 bits per heavy atom. The van der Waals surface area contributed by atoms with E-state index in [1.54, 1.807) is 55.6 Å². The summed E-state index contributed by atoms with van der Waals surface area (Å²) in [7, 11) is 1.68. The Hall–Kier alpha value is -3.08. The van der Waals surface area contributed by atoms with Crippen LogP contribution in [0.15, 0.2) is 48.5 Å². The summed E-state index contributed by atoms with van der Waals surface area (Å²) in [5.41, 5.74) is 1.96. The molecule has 3 rings (SSSR count). The molecule has 2 aromatic carbocycles. The van der Waals surface area contributed by atoms with E-state index in [2.05, 4.69) is 0 Å². The van der Waals surface area contributed by atoms with Gasteiger partial charge in [0.2, 0.25) is 0 Å². The number of amides is 1. The average molecular weight is 309 g/mol. The maximum absolute atomic E-state index is 12.2. The molecular weight excluding hydrogens is 294 g/mol. The molecule has 1 amide bonds. The van der Waals surface area contributed by atoms with E-state index in [4.69, 9.17) is 4.74 Å². The second kappa shape index (κ2) is 5.96. The van der Waals surface area contributed by atoms with Crippen LogP contribution in [0.25, 0.3) is 6.08 Å². The molecule has 1 heterocycles. The van der Waals surface area contributed by atoms with E-state index >= 15 is 0 Å². The van der Waals surface area contributed by atoms with Crippen LogP contribution in [0, 0.1) is 0 Å². The maximum atomic E-state index is 12.2. The molecule has 1 aliphatic rings. The zero-order valence-corrected chi connectivity index (χ0v) is 12.5. The number of phenolic OH excluding ortho intramolecular Hbond substituents is 1. The largest absolute Gasteiger partial charge is 0.508 e. The van der Waals surface area contributed by atoms with Crippen LogP contribution in [-0.4, -0.2) is 30.5 Å². The molecule has 0 spiro atoms. The molecule has 2 aromatic rings. The summed E-state index contributed by atoms with van der Waals surface area (Å²) in [4.78, 5) is 25.3. The smallest absolute Gasteiger partial charge is 0.264 e. The molecule has 0 aliphatic carbocycles. The van der Waals surface area contributed by atoms with Crippen LogP contribution in [0.3, 0.4) is 0 Å². The van der Waals surface area contributed by atoms with Crippen molar-refractivity contribution < 1.29 is 19.4 Å². The topological polar surface area (TPSA) is 66.8 Å². The van der Waals surface area contributed by atoms with Crippen molar-refractivity contribution in [1.29, 1.82) is 0 Å². The number of rotatable bonds is 3. The summed E-state index contributed by atoms with van der Waals surface area (Å²) < 4.78 is 5.38. The van der Waals surface area contributed by atoms with Crippen LogP contribution in [0.5, 0.6) is 11.5 Å². The molecule has 0 unspecified atom stereocenters. The molecule has 1 aliphatic heterocycles. The Kier molecular flexibility index (Phi) is 3.85. The first-order valence-corrected chi connectivity index (χ1v) is 7.09. The quantitative estimate of drug-likeness (QED) is 0.699. The number of ketones is 1. The highest BCUT2D eigenvalue weighted by Crippen LogP contribution is 2.32. The zero-order chi connectivity index (χ0) is 16.4. The lowest BCUT2D eigenvalue weighted by molar-refractivity contribution is -0.120. The van der Waals surface area contributed by atoms with Gasteiger partial charge in [-0.2, -0.15) is 0 Å². The molecular formula is C18H15NO4. The Balaban J connectivity index is 1.80. The van der Waals surface area contributed by atoms with E-state index in [9.17, 15) is 14.7 Å². The first-order valence-electron chi connectivity index (χ1n) is 7.09. The number of phenols is 1. The Bertz CT molecular complexity index is 793. The van der Waals surface area contributed by atoms with Crippen LogP contribution in [0.4, 0.5) is 5.69 Å². The zero-order valence-electron chi connectivity index (χ0n) is 12.5. The van der Waals surface area contributed by atoms with Crippen molar-refractivity contribution in [1.82, 2.24) is 0 Å². The number of carbonyl (C=O) groups is 2. The fourth-order valence-corrected chi connectivity index (χ4v) is 2.28. The van der Waals surface area contributed by atoms with E-state index in [1.165, 1.54) is 11.0 Å². The molecule has 0 saturated heterocycles. The van der Waals surface area contributed by atoms with E-state index in [0.717, 1.165) is 5.56 Å². The number of anilines is 1. The van der Waals surface area contributed by atoms with Crippen LogP contribution in [-0.2, 0) is 4.79 Å². The summed E-state index contributed by atoms with van der Waals surface area (Å²) >= 11 is 0. The molecule has 0 fully saturated rings. The third-order valence-corrected chi connectivity index (χ3v) is 3.65. The molecule has 0 saturated carbocycles. The summed E-state index contributed by atoms with van der Waals surface area (Å²) in [5.74, 6) is 0.419. The lowest BCUT2D eigenvalue weighted by Gasteiger charge is -2.26. The maximum Gasteiger partial charge on any atom is 0.264 e. The minimum atomic E-state index is -0.163. The van der Waals surface area contributed by atoms with Crippen molar-refractivity contribution >= 4 is 23.5 Å². The second-order valence-electron chi connectivity index (χ2n) is 5.21. The van der Waals surface area contributed by atoms with Crippen molar-refractivity contribution in [3.05, 3.63) is 59.7 Å². The summed E-state index contributed by atoms with van der Waals surface area (Å²) in [5, 5.41) is 9.23. The number of fused-ring (bicyclic) bond motifs is 1. The molecule has 0 bridgehead atoms. The van der Waals surface area contributed by atoms with Gasteiger partial charge in [0.1, 0.15) is 11.5 Å². The predicted molar refractivity (Wildman–Crippen MR) is 86.8 cm³/mol. The highest BCUT2D eigenvalue weighted by molar-refractivity contribution is 6.08. The second-order valence-corrected chi connectivity index (χ2v) is 5.21. The number of aromatic hydroxyl groups is 1. The first-order chi connectivity index (χ1) is 11.0. The van der Waals surface area contributed by atoms with Gasteiger partial charge in [0.15, 0.2) is 12.4 Å². The number of hydrogen-bond acceptors (Lipinski definition) is 4. The molecule has 0 aromatic heterocycles. The van der Waals surface area contributed by atoms with Gasteiger partial charge in [-0.3, -0.25) is 9.59 Å². The number of nitrogens with zero attached hydrogens (tertiary/aromatic N) is 1. The number of likely N-dealkylation sites (N-methyl/N-ethyl adjacent to an activating group) is 1. The molecule has 5 nitrogen and oxygen atoms in total. The third-order valence-electron chi connectivity index (χ3n) is 3.65. The number of benzene rings is 2. The Labute approximate surface area is 133 Å². The van der Waals surface area contributed by atoms with E-state index in [1.807, 2.05) is 0 Å².